The van der Waals surface area contributed by atoms with E-state index in [1.54, 1.807) is 49.4 Å². The van der Waals surface area contributed by atoms with Crippen molar-refractivity contribution >= 4 is 39.1 Å². The number of sulfonamides is 1. The number of ether oxygens (including phenoxy) is 2. The quantitative estimate of drug-likeness (QED) is 0.552. The number of carbonyl (C=O) groups is 2. The van der Waals surface area contributed by atoms with Crippen molar-refractivity contribution < 1.29 is 27.5 Å². The van der Waals surface area contributed by atoms with Gasteiger partial charge in [-0.1, -0.05) is 31.2 Å². The van der Waals surface area contributed by atoms with E-state index in [2.05, 4.69) is 15.0 Å². The molecule has 0 unspecified atom stereocenters. The SMILES string of the molecule is CCOc1ccccc1NC(=O)COC(=O)C[C@@H](C)CC1=NS(=O)(=O)c2ccccc2N1. The van der Waals surface area contributed by atoms with Gasteiger partial charge in [-0.3, -0.25) is 9.59 Å². The van der Waals surface area contributed by atoms with Crippen LogP contribution < -0.4 is 15.4 Å². The highest BCUT2D eigenvalue weighted by Crippen LogP contribution is 2.28. The lowest BCUT2D eigenvalue weighted by Crippen LogP contribution is -2.25. The lowest BCUT2D eigenvalue weighted by atomic mass is 10.0. The largest absolute Gasteiger partial charge is 0.492 e. The molecule has 0 radical (unpaired) electrons. The summed E-state index contributed by atoms with van der Waals surface area (Å²) in [7, 11) is -3.78. The second-order valence-corrected chi connectivity index (χ2v) is 8.86. The first kappa shape index (κ1) is 23.3. The molecular weight excluding hydrogens is 434 g/mol. The third kappa shape index (κ3) is 6.07. The van der Waals surface area contributed by atoms with E-state index in [-0.39, 0.29) is 29.5 Å². The molecule has 1 heterocycles. The third-order valence-electron chi connectivity index (χ3n) is 4.56. The van der Waals surface area contributed by atoms with Crippen LogP contribution in [0, 0.1) is 5.92 Å². The molecule has 9 nitrogen and oxygen atoms in total. The second kappa shape index (κ2) is 10.3. The van der Waals surface area contributed by atoms with Crippen LogP contribution in [0.3, 0.4) is 0 Å². The number of anilines is 2. The lowest BCUT2D eigenvalue weighted by Gasteiger charge is -2.20. The summed E-state index contributed by atoms with van der Waals surface area (Å²) in [5, 5.41) is 5.64. The van der Waals surface area contributed by atoms with Crippen LogP contribution in [0.5, 0.6) is 5.75 Å². The van der Waals surface area contributed by atoms with Gasteiger partial charge in [-0.15, -0.1) is 4.40 Å². The number of fused-ring (bicyclic) bond motifs is 1. The van der Waals surface area contributed by atoms with Crippen molar-refractivity contribution in [3.8, 4) is 5.75 Å². The van der Waals surface area contributed by atoms with Crippen molar-refractivity contribution in [1.29, 1.82) is 0 Å². The van der Waals surface area contributed by atoms with E-state index < -0.39 is 28.5 Å². The van der Waals surface area contributed by atoms with Crippen LogP contribution in [-0.4, -0.2) is 39.3 Å². The van der Waals surface area contributed by atoms with Crippen LogP contribution in [0.25, 0.3) is 0 Å². The van der Waals surface area contributed by atoms with Crippen molar-refractivity contribution in [3.63, 3.8) is 0 Å². The molecule has 0 saturated carbocycles. The van der Waals surface area contributed by atoms with Gasteiger partial charge in [-0.05, 0) is 37.1 Å². The number of amidine groups is 1. The Morgan fingerprint density at radius 3 is 2.62 bits per heavy atom. The van der Waals surface area contributed by atoms with Gasteiger partial charge in [-0.2, -0.15) is 8.42 Å². The fraction of sp³-hybridized carbons (Fsp3) is 0.318. The first-order chi connectivity index (χ1) is 15.3. The van der Waals surface area contributed by atoms with E-state index in [4.69, 9.17) is 9.47 Å². The Morgan fingerprint density at radius 2 is 1.84 bits per heavy atom. The molecule has 10 heteroatoms. The Morgan fingerprint density at radius 1 is 1.12 bits per heavy atom. The van der Waals surface area contributed by atoms with Crippen LogP contribution in [0.15, 0.2) is 57.8 Å². The number of nitrogens with zero attached hydrogens (tertiary/aromatic N) is 1. The zero-order valence-corrected chi connectivity index (χ0v) is 18.6. The molecule has 0 spiro atoms. The number of esters is 1. The Balaban J connectivity index is 1.48. The Hall–Kier alpha value is -3.40. The van der Waals surface area contributed by atoms with Gasteiger partial charge in [0.15, 0.2) is 6.61 Å². The number of hydrogen-bond acceptors (Lipinski definition) is 7. The summed E-state index contributed by atoms with van der Waals surface area (Å²) in [4.78, 5) is 24.4. The highest BCUT2D eigenvalue weighted by atomic mass is 32.2. The van der Waals surface area contributed by atoms with Crippen molar-refractivity contribution in [1.82, 2.24) is 0 Å². The molecule has 1 atom stereocenters. The molecule has 1 aliphatic rings. The molecule has 170 valence electrons. The van der Waals surface area contributed by atoms with Crippen LogP contribution in [0.4, 0.5) is 11.4 Å². The molecule has 0 fully saturated rings. The monoisotopic (exact) mass is 459 g/mol. The Labute approximate surface area is 186 Å². The molecule has 1 aliphatic heterocycles. The summed E-state index contributed by atoms with van der Waals surface area (Å²) in [6.45, 7) is 3.63. The predicted molar refractivity (Wildman–Crippen MR) is 120 cm³/mol. The molecule has 3 rings (SSSR count). The smallest absolute Gasteiger partial charge is 0.306 e. The topological polar surface area (TPSA) is 123 Å². The average Bonchev–Trinajstić information content (AvgIpc) is 2.73. The molecule has 32 heavy (non-hydrogen) atoms. The normalized spacial score (nSPS) is 14.9. The molecule has 0 bridgehead atoms. The molecule has 0 aliphatic carbocycles. The highest BCUT2D eigenvalue weighted by molar-refractivity contribution is 7.90. The number of nitrogens with one attached hydrogen (secondary N) is 2. The van der Waals surface area contributed by atoms with E-state index in [0.29, 0.717) is 23.7 Å². The number of carbonyl (C=O) groups excluding carboxylic acids is 2. The number of benzene rings is 2. The minimum absolute atomic E-state index is 0.00517. The van der Waals surface area contributed by atoms with Gasteiger partial charge < -0.3 is 20.1 Å². The molecule has 0 aromatic heterocycles. The molecule has 2 N–H and O–H groups in total. The van der Waals surface area contributed by atoms with E-state index in [1.165, 1.54) is 6.07 Å². The zero-order valence-electron chi connectivity index (χ0n) is 17.8. The van der Waals surface area contributed by atoms with Crippen molar-refractivity contribution in [2.24, 2.45) is 10.3 Å². The van der Waals surface area contributed by atoms with Gasteiger partial charge in [0.25, 0.3) is 15.9 Å². The summed E-state index contributed by atoms with van der Waals surface area (Å²) in [5.74, 6) is -0.518. The number of rotatable bonds is 9. The molecule has 2 aromatic carbocycles. The van der Waals surface area contributed by atoms with Gasteiger partial charge >= 0.3 is 5.97 Å². The molecule has 0 saturated heterocycles. The van der Waals surface area contributed by atoms with E-state index in [0.717, 1.165) is 0 Å². The number of amides is 1. The van der Waals surface area contributed by atoms with E-state index >= 15 is 0 Å². The minimum atomic E-state index is -3.78. The molecular formula is C22H25N3O6S. The van der Waals surface area contributed by atoms with Gasteiger partial charge in [0, 0.05) is 12.8 Å². The van der Waals surface area contributed by atoms with Crippen molar-refractivity contribution in [2.45, 2.75) is 31.6 Å². The fourth-order valence-corrected chi connectivity index (χ4v) is 4.34. The maximum Gasteiger partial charge on any atom is 0.306 e. The summed E-state index contributed by atoms with van der Waals surface area (Å²) in [5.41, 5.74) is 0.947. The molecule has 2 aromatic rings. The van der Waals surface area contributed by atoms with E-state index in [9.17, 15) is 18.0 Å². The Bertz CT molecular complexity index is 1130. The number of hydrogen-bond donors (Lipinski definition) is 2. The fourth-order valence-electron chi connectivity index (χ4n) is 3.18. The van der Waals surface area contributed by atoms with Crippen LogP contribution in [-0.2, 0) is 24.3 Å². The molecule has 1 amide bonds. The Kier molecular flexibility index (Phi) is 7.47. The van der Waals surface area contributed by atoms with Crippen LogP contribution in [0.1, 0.15) is 26.7 Å². The lowest BCUT2D eigenvalue weighted by molar-refractivity contribution is -0.148. The first-order valence-corrected chi connectivity index (χ1v) is 11.6. The maximum absolute atomic E-state index is 12.3. The average molecular weight is 460 g/mol. The summed E-state index contributed by atoms with van der Waals surface area (Å²) < 4.78 is 38.9. The highest BCUT2D eigenvalue weighted by Gasteiger charge is 2.25. The van der Waals surface area contributed by atoms with Gasteiger partial charge in [0.1, 0.15) is 16.5 Å². The van der Waals surface area contributed by atoms with Crippen molar-refractivity contribution in [3.05, 3.63) is 48.5 Å². The summed E-state index contributed by atoms with van der Waals surface area (Å²) in [6.07, 6.45) is 0.238. The second-order valence-electron chi connectivity index (χ2n) is 7.29. The van der Waals surface area contributed by atoms with E-state index in [1.807, 2.05) is 6.92 Å². The maximum atomic E-state index is 12.3. The predicted octanol–water partition coefficient (Wildman–Crippen LogP) is 3.20. The van der Waals surface area contributed by atoms with Gasteiger partial charge in [-0.25, -0.2) is 0 Å². The minimum Gasteiger partial charge on any atom is -0.492 e. The van der Waals surface area contributed by atoms with Gasteiger partial charge in [0.05, 0.1) is 18.0 Å². The number of para-hydroxylation sites is 3. The summed E-state index contributed by atoms with van der Waals surface area (Å²) >= 11 is 0. The summed E-state index contributed by atoms with van der Waals surface area (Å²) in [6, 6.07) is 13.5. The zero-order chi connectivity index (χ0) is 23.1. The van der Waals surface area contributed by atoms with Crippen LogP contribution in [0.2, 0.25) is 0 Å². The van der Waals surface area contributed by atoms with Gasteiger partial charge in [0.2, 0.25) is 0 Å². The third-order valence-corrected chi connectivity index (χ3v) is 5.93. The van der Waals surface area contributed by atoms with Crippen LogP contribution >= 0.6 is 0 Å². The first-order valence-electron chi connectivity index (χ1n) is 10.2. The standard InChI is InChI=1S/C22H25N3O6S/c1-3-30-18-10-6-4-8-16(18)24-21(26)14-31-22(27)13-15(2)12-20-23-17-9-5-7-11-19(17)32(28,29)25-20/h4-11,15H,3,12-14H2,1-2H3,(H,23,25)(H,24,26)/t15-/m0/s1. The van der Waals surface area contributed by atoms with Crippen molar-refractivity contribution in [2.75, 3.05) is 23.8 Å².